The van der Waals surface area contributed by atoms with Crippen LogP contribution in [-0.4, -0.2) is 30.6 Å². The Morgan fingerprint density at radius 3 is 2.22 bits per heavy atom. The van der Waals surface area contributed by atoms with Crippen LogP contribution >= 0.6 is 0 Å². The second kappa shape index (κ2) is 6.91. The highest BCUT2D eigenvalue weighted by Crippen LogP contribution is 2.31. The zero-order chi connectivity index (χ0) is 13.0. The Morgan fingerprint density at radius 2 is 1.61 bits per heavy atom. The molecule has 1 aliphatic carbocycles. The minimum Gasteiger partial charge on any atom is -0.327 e. The summed E-state index contributed by atoms with van der Waals surface area (Å²) in [7, 11) is 0. The van der Waals surface area contributed by atoms with Gasteiger partial charge in [-0.05, 0) is 62.9 Å². The Labute approximate surface area is 113 Å². The van der Waals surface area contributed by atoms with Crippen molar-refractivity contribution in [2.45, 2.75) is 64.8 Å². The van der Waals surface area contributed by atoms with E-state index < -0.39 is 0 Å². The monoisotopic (exact) mass is 252 g/mol. The highest BCUT2D eigenvalue weighted by Gasteiger charge is 2.29. The summed E-state index contributed by atoms with van der Waals surface area (Å²) in [6, 6.07) is 0.469. The first-order valence-corrected chi connectivity index (χ1v) is 8.20. The number of piperidine rings is 1. The molecule has 2 nitrogen and oxygen atoms in total. The van der Waals surface area contributed by atoms with E-state index in [-0.39, 0.29) is 0 Å². The van der Waals surface area contributed by atoms with Gasteiger partial charge in [-0.15, -0.1) is 0 Å². The Bertz CT molecular complexity index is 233. The van der Waals surface area contributed by atoms with Crippen molar-refractivity contribution >= 4 is 0 Å². The molecule has 18 heavy (non-hydrogen) atoms. The number of rotatable bonds is 4. The lowest BCUT2D eigenvalue weighted by Gasteiger charge is -2.39. The van der Waals surface area contributed by atoms with Crippen LogP contribution in [0.2, 0.25) is 0 Å². The van der Waals surface area contributed by atoms with Gasteiger partial charge in [0.1, 0.15) is 0 Å². The van der Waals surface area contributed by atoms with Gasteiger partial charge < -0.3 is 10.6 Å². The quantitative estimate of drug-likeness (QED) is 0.832. The Kier molecular flexibility index (Phi) is 5.50. The predicted octanol–water partition coefficient (Wildman–Crippen LogP) is 3.26. The van der Waals surface area contributed by atoms with E-state index in [1.165, 1.54) is 64.6 Å². The maximum atomic E-state index is 6.34. The maximum Gasteiger partial charge on any atom is 0.00795 e. The SMILES string of the molecule is CCC1CCN(CC2CC(CC)CCC2N)CC1. The van der Waals surface area contributed by atoms with Crippen LogP contribution in [0.3, 0.4) is 0 Å². The Hall–Kier alpha value is -0.0800. The molecule has 0 aromatic heterocycles. The number of hydrogen-bond acceptors (Lipinski definition) is 2. The molecule has 106 valence electrons. The zero-order valence-electron chi connectivity index (χ0n) is 12.4. The standard InChI is InChI=1S/C16H32N2/c1-3-13-7-9-18(10-8-13)12-15-11-14(4-2)5-6-16(15)17/h13-16H,3-12,17H2,1-2H3. The van der Waals surface area contributed by atoms with Gasteiger partial charge >= 0.3 is 0 Å². The molecule has 1 saturated carbocycles. The minimum absolute atomic E-state index is 0.469. The van der Waals surface area contributed by atoms with Crippen molar-refractivity contribution in [3.05, 3.63) is 0 Å². The van der Waals surface area contributed by atoms with Gasteiger partial charge in [-0.1, -0.05) is 26.7 Å². The van der Waals surface area contributed by atoms with Gasteiger partial charge in [0, 0.05) is 12.6 Å². The van der Waals surface area contributed by atoms with Crippen molar-refractivity contribution in [1.29, 1.82) is 0 Å². The van der Waals surface area contributed by atoms with Crippen LogP contribution in [0.5, 0.6) is 0 Å². The van der Waals surface area contributed by atoms with E-state index in [4.69, 9.17) is 5.73 Å². The van der Waals surface area contributed by atoms with E-state index in [2.05, 4.69) is 18.7 Å². The van der Waals surface area contributed by atoms with Crippen molar-refractivity contribution in [3.8, 4) is 0 Å². The molecule has 1 saturated heterocycles. The zero-order valence-corrected chi connectivity index (χ0v) is 12.4. The molecule has 2 fully saturated rings. The van der Waals surface area contributed by atoms with Crippen LogP contribution < -0.4 is 5.73 Å². The number of nitrogens with zero attached hydrogens (tertiary/aromatic N) is 1. The first-order chi connectivity index (χ1) is 8.72. The average molecular weight is 252 g/mol. The normalized spacial score (nSPS) is 35.8. The number of nitrogens with two attached hydrogens (primary N) is 1. The molecule has 0 amide bonds. The van der Waals surface area contributed by atoms with Crippen LogP contribution in [0, 0.1) is 17.8 Å². The van der Waals surface area contributed by atoms with Crippen LogP contribution in [0.15, 0.2) is 0 Å². The lowest BCUT2D eigenvalue weighted by molar-refractivity contribution is 0.119. The van der Waals surface area contributed by atoms with Crippen molar-refractivity contribution < 1.29 is 0 Å². The van der Waals surface area contributed by atoms with Crippen molar-refractivity contribution in [2.75, 3.05) is 19.6 Å². The highest BCUT2D eigenvalue weighted by atomic mass is 15.1. The van der Waals surface area contributed by atoms with Gasteiger partial charge in [0.15, 0.2) is 0 Å². The van der Waals surface area contributed by atoms with Crippen LogP contribution in [0.25, 0.3) is 0 Å². The molecule has 0 aromatic carbocycles. The van der Waals surface area contributed by atoms with Gasteiger partial charge in [0.25, 0.3) is 0 Å². The van der Waals surface area contributed by atoms with E-state index in [1.54, 1.807) is 0 Å². The molecule has 0 bridgehead atoms. The van der Waals surface area contributed by atoms with Gasteiger partial charge in [0.2, 0.25) is 0 Å². The predicted molar refractivity (Wildman–Crippen MR) is 78.6 cm³/mol. The van der Waals surface area contributed by atoms with Crippen molar-refractivity contribution in [3.63, 3.8) is 0 Å². The fraction of sp³-hybridized carbons (Fsp3) is 1.00. The van der Waals surface area contributed by atoms with Crippen LogP contribution in [0.4, 0.5) is 0 Å². The largest absolute Gasteiger partial charge is 0.327 e. The summed E-state index contributed by atoms with van der Waals surface area (Å²) in [5.41, 5.74) is 6.34. The number of likely N-dealkylation sites (tertiary alicyclic amines) is 1. The van der Waals surface area contributed by atoms with Crippen molar-refractivity contribution in [2.24, 2.45) is 23.5 Å². The third-order valence-electron chi connectivity index (χ3n) is 5.50. The molecule has 2 heteroatoms. The minimum atomic E-state index is 0.469. The third-order valence-corrected chi connectivity index (χ3v) is 5.50. The second-order valence-corrected chi connectivity index (χ2v) is 6.66. The smallest absolute Gasteiger partial charge is 0.00795 e. The van der Waals surface area contributed by atoms with Gasteiger partial charge in [-0.2, -0.15) is 0 Å². The molecule has 3 unspecified atom stereocenters. The Balaban J connectivity index is 1.77. The summed E-state index contributed by atoms with van der Waals surface area (Å²) >= 11 is 0. The van der Waals surface area contributed by atoms with Gasteiger partial charge in [-0.3, -0.25) is 0 Å². The number of hydrogen-bond donors (Lipinski definition) is 1. The molecule has 0 aromatic rings. The fourth-order valence-corrected chi connectivity index (χ4v) is 3.87. The van der Waals surface area contributed by atoms with Gasteiger partial charge in [0.05, 0.1) is 0 Å². The fourth-order valence-electron chi connectivity index (χ4n) is 3.87. The van der Waals surface area contributed by atoms with Crippen LogP contribution in [0.1, 0.15) is 58.8 Å². The van der Waals surface area contributed by atoms with Crippen LogP contribution in [-0.2, 0) is 0 Å². The topological polar surface area (TPSA) is 29.3 Å². The van der Waals surface area contributed by atoms with E-state index in [0.717, 1.165) is 17.8 Å². The molecule has 3 atom stereocenters. The van der Waals surface area contributed by atoms with Gasteiger partial charge in [-0.25, -0.2) is 0 Å². The van der Waals surface area contributed by atoms with E-state index in [9.17, 15) is 0 Å². The summed E-state index contributed by atoms with van der Waals surface area (Å²) in [6.45, 7) is 8.58. The molecular formula is C16H32N2. The molecular weight excluding hydrogens is 220 g/mol. The molecule has 0 spiro atoms. The first kappa shape index (κ1) is 14.3. The summed E-state index contributed by atoms with van der Waals surface area (Å²) in [5, 5.41) is 0. The third kappa shape index (κ3) is 3.71. The lowest BCUT2D eigenvalue weighted by Crippen LogP contribution is -2.45. The molecule has 2 rings (SSSR count). The summed E-state index contributed by atoms with van der Waals surface area (Å²) in [4.78, 5) is 2.69. The summed E-state index contributed by atoms with van der Waals surface area (Å²) in [5.74, 6) is 2.70. The molecule has 1 aliphatic heterocycles. The summed E-state index contributed by atoms with van der Waals surface area (Å²) in [6.07, 6.45) is 9.55. The molecule has 0 radical (unpaired) electrons. The lowest BCUT2D eigenvalue weighted by atomic mass is 9.77. The first-order valence-electron chi connectivity index (χ1n) is 8.20. The second-order valence-electron chi connectivity index (χ2n) is 6.66. The highest BCUT2D eigenvalue weighted by molar-refractivity contribution is 4.85. The molecule has 1 heterocycles. The average Bonchev–Trinajstić information content (AvgIpc) is 2.42. The van der Waals surface area contributed by atoms with E-state index >= 15 is 0 Å². The maximum absolute atomic E-state index is 6.34. The van der Waals surface area contributed by atoms with E-state index in [0.29, 0.717) is 6.04 Å². The van der Waals surface area contributed by atoms with Crippen molar-refractivity contribution in [1.82, 2.24) is 4.90 Å². The molecule has 2 N–H and O–H groups in total. The summed E-state index contributed by atoms with van der Waals surface area (Å²) < 4.78 is 0. The Morgan fingerprint density at radius 1 is 0.944 bits per heavy atom. The molecule has 2 aliphatic rings. The van der Waals surface area contributed by atoms with E-state index in [1.807, 2.05) is 0 Å².